The highest BCUT2D eigenvalue weighted by Crippen LogP contribution is 1.99. The molecule has 0 aliphatic heterocycles. The average molecular weight is 172 g/mol. The van der Waals surface area contributed by atoms with Crippen molar-refractivity contribution >= 4 is 6.16 Å². The standard InChI is InChI=1S/C9H16O3/c1-7(2)5-6-8(3)12-9(10)11-4/h5-8H,1-4H3/b6-5+. The summed E-state index contributed by atoms with van der Waals surface area (Å²) in [5.74, 6) is 0.466. The number of ether oxygens (including phenoxy) is 2. The van der Waals surface area contributed by atoms with Gasteiger partial charge < -0.3 is 9.47 Å². The molecule has 0 spiro atoms. The average Bonchev–Trinajstić information content (AvgIpc) is 2.00. The first kappa shape index (κ1) is 11.0. The number of allylic oxidation sites excluding steroid dienone is 1. The second-order valence-corrected chi connectivity index (χ2v) is 2.91. The monoisotopic (exact) mass is 172 g/mol. The van der Waals surface area contributed by atoms with Crippen molar-refractivity contribution in [1.82, 2.24) is 0 Å². The number of carbonyl (C=O) groups is 1. The molecule has 0 bridgehead atoms. The van der Waals surface area contributed by atoms with Crippen molar-refractivity contribution in [3.8, 4) is 0 Å². The van der Waals surface area contributed by atoms with Gasteiger partial charge in [-0.1, -0.05) is 19.9 Å². The van der Waals surface area contributed by atoms with Crippen LogP contribution in [-0.4, -0.2) is 19.4 Å². The van der Waals surface area contributed by atoms with Crippen molar-refractivity contribution in [1.29, 1.82) is 0 Å². The molecule has 1 atom stereocenters. The molecule has 0 saturated carbocycles. The summed E-state index contributed by atoms with van der Waals surface area (Å²) in [4.78, 5) is 10.6. The lowest BCUT2D eigenvalue weighted by Gasteiger charge is -2.07. The molecule has 0 aliphatic carbocycles. The van der Waals surface area contributed by atoms with E-state index in [-0.39, 0.29) is 6.10 Å². The zero-order valence-electron chi connectivity index (χ0n) is 8.03. The molecule has 0 aromatic heterocycles. The van der Waals surface area contributed by atoms with Crippen LogP contribution in [0.4, 0.5) is 4.79 Å². The quantitative estimate of drug-likeness (QED) is 0.484. The number of carbonyl (C=O) groups excluding carboxylic acids is 1. The molecular weight excluding hydrogens is 156 g/mol. The lowest BCUT2D eigenvalue weighted by Crippen LogP contribution is -2.12. The van der Waals surface area contributed by atoms with Crippen LogP contribution in [0.2, 0.25) is 0 Å². The molecule has 3 nitrogen and oxygen atoms in total. The Bertz CT molecular complexity index is 161. The normalized spacial score (nSPS) is 13.4. The van der Waals surface area contributed by atoms with Crippen molar-refractivity contribution in [2.75, 3.05) is 7.11 Å². The van der Waals surface area contributed by atoms with E-state index >= 15 is 0 Å². The summed E-state index contributed by atoms with van der Waals surface area (Å²) in [5.41, 5.74) is 0. The van der Waals surface area contributed by atoms with Crippen LogP contribution >= 0.6 is 0 Å². The summed E-state index contributed by atoms with van der Waals surface area (Å²) >= 11 is 0. The number of methoxy groups -OCH3 is 1. The highest BCUT2D eigenvalue weighted by atomic mass is 16.7. The smallest absolute Gasteiger partial charge is 0.438 e. The fourth-order valence-electron chi connectivity index (χ4n) is 0.618. The van der Waals surface area contributed by atoms with Crippen LogP contribution in [0.3, 0.4) is 0 Å². The Morgan fingerprint density at radius 3 is 2.25 bits per heavy atom. The molecular formula is C9H16O3. The Morgan fingerprint density at radius 1 is 1.25 bits per heavy atom. The van der Waals surface area contributed by atoms with Gasteiger partial charge in [0.05, 0.1) is 7.11 Å². The highest BCUT2D eigenvalue weighted by molar-refractivity contribution is 5.59. The topological polar surface area (TPSA) is 35.5 Å². The van der Waals surface area contributed by atoms with E-state index in [0.29, 0.717) is 5.92 Å². The Labute approximate surface area is 73.4 Å². The van der Waals surface area contributed by atoms with Gasteiger partial charge in [0.1, 0.15) is 6.10 Å². The Kier molecular flexibility index (Phi) is 5.17. The van der Waals surface area contributed by atoms with Crippen molar-refractivity contribution < 1.29 is 14.3 Å². The molecule has 0 fully saturated rings. The predicted octanol–water partition coefficient (Wildman–Crippen LogP) is 2.37. The first-order valence-electron chi connectivity index (χ1n) is 3.99. The van der Waals surface area contributed by atoms with E-state index in [0.717, 1.165) is 0 Å². The van der Waals surface area contributed by atoms with Gasteiger partial charge in [-0.3, -0.25) is 0 Å². The van der Waals surface area contributed by atoms with Gasteiger partial charge in [0.2, 0.25) is 0 Å². The van der Waals surface area contributed by atoms with Crippen LogP contribution in [-0.2, 0) is 9.47 Å². The SMILES string of the molecule is COC(=O)OC(C)/C=C/C(C)C. The van der Waals surface area contributed by atoms with E-state index in [4.69, 9.17) is 4.74 Å². The minimum absolute atomic E-state index is 0.222. The number of hydrogen-bond acceptors (Lipinski definition) is 3. The first-order chi connectivity index (χ1) is 5.56. The van der Waals surface area contributed by atoms with Gasteiger partial charge in [-0.15, -0.1) is 0 Å². The van der Waals surface area contributed by atoms with Gasteiger partial charge in [-0.25, -0.2) is 4.79 Å². The van der Waals surface area contributed by atoms with E-state index in [9.17, 15) is 4.79 Å². The van der Waals surface area contributed by atoms with Crippen molar-refractivity contribution in [3.05, 3.63) is 12.2 Å². The molecule has 0 aromatic rings. The molecule has 70 valence electrons. The van der Waals surface area contributed by atoms with Gasteiger partial charge in [-0.2, -0.15) is 0 Å². The molecule has 0 heterocycles. The molecule has 12 heavy (non-hydrogen) atoms. The van der Waals surface area contributed by atoms with E-state index in [1.807, 2.05) is 12.2 Å². The molecule has 0 aromatic carbocycles. The van der Waals surface area contributed by atoms with E-state index in [2.05, 4.69) is 18.6 Å². The minimum Gasteiger partial charge on any atom is -0.438 e. The first-order valence-corrected chi connectivity index (χ1v) is 3.99. The second-order valence-electron chi connectivity index (χ2n) is 2.91. The predicted molar refractivity (Wildman–Crippen MR) is 46.9 cm³/mol. The lowest BCUT2D eigenvalue weighted by molar-refractivity contribution is 0.0577. The summed E-state index contributed by atoms with van der Waals surface area (Å²) < 4.78 is 9.13. The lowest BCUT2D eigenvalue weighted by atomic mass is 10.2. The molecule has 0 N–H and O–H groups in total. The summed E-state index contributed by atoms with van der Waals surface area (Å²) in [6.07, 6.45) is 2.95. The molecule has 1 unspecified atom stereocenters. The third kappa shape index (κ3) is 5.77. The van der Waals surface area contributed by atoms with Crippen LogP contribution in [0.15, 0.2) is 12.2 Å². The van der Waals surface area contributed by atoms with Crippen LogP contribution < -0.4 is 0 Å². The minimum atomic E-state index is -0.643. The zero-order chi connectivity index (χ0) is 9.56. The van der Waals surface area contributed by atoms with Gasteiger partial charge in [0.15, 0.2) is 0 Å². The van der Waals surface area contributed by atoms with Crippen molar-refractivity contribution in [2.45, 2.75) is 26.9 Å². The third-order valence-corrected chi connectivity index (χ3v) is 1.22. The van der Waals surface area contributed by atoms with Crippen LogP contribution in [0.25, 0.3) is 0 Å². The van der Waals surface area contributed by atoms with Crippen LogP contribution in [0.1, 0.15) is 20.8 Å². The Morgan fingerprint density at radius 2 is 1.83 bits per heavy atom. The van der Waals surface area contributed by atoms with E-state index in [1.165, 1.54) is 7.11 Å². The maximum atomic E-state index is 10.6. The summed E-state index contributed by atoms with van der Waals surface area (Å²) in [6, 6.07) is 0. The molecule has 0 radical (unpaired) electrons. The zero-order valence-corrected chi connectivity index (χ0v) is 8.03. The third-order valence-electron chi connectivity index (χ3n) is 1.22. The van der Waals surface area contributed by atoms with Crippen molar-refractivity contribution in [3.63, 3.8) is 0 Å². The van der Waals surface area contributed by atoms with Gasteiger partial charge >= 0.3 is 6.16 Å². The van der Waals surface area contributed by atoms with Gasteiger partial charge in [0.25, 0.3) is 0 Å². The Hall–Kier alpha value is -0.990. The highest BCUT2D eigenvalue weighted by Gasteiger charge is 2.04. The maximum absolute atomic E-state index is 10.6. The van der Waals surface area contributed by atoms with E-state index < -0.39 is 6.16 Å². The van der Waals surface area contributed by atoms with Gasteiger partial charge in [-0.05, 0) is 18.9 Å². The van der Waals surface area contributed by atoms with Crippen LogP contribution in [0.5, 0.6) is 0 Å². The summed E-state index contributed by atoms with van der Waals surface area (Å²) in [7, 11) is 1.29. The largest absolute Gasteiger partial charge is 0.508 e. The number of hydrogen-bond donors (Lipinski definition) is 0. The Balaban J connectivity index is 3.73. The summed E-state index contributed by atoms with van der Waals surface area (Å²) in [6.45, 7) is 5.90. The van der Waals surface area contributed by atoms with Crippen molar-refractivity contribution in [2.24, 2.45) is 5.92 Å². The summed E-state index contributed by atoms with van der Waals surface area (Å²) in [5, 5.41) is 0. The maximum Gasteiger partial charge on any atom is 0.508 e. The molecule has 0 amide bonds. The molecule has 3 heteroatoms. The second kappa shape index (κ2) is 5.63. The van der Waals surface area contributed by atoms with Gasteiger partial charge in [0, 0.05) is 0 Å². The fourth-order valence-corrected chi connectivity index (χ4v) is 0.618. The number of rotatable bonds is 3. The molecule has 0 aliphatic rings. The molecule has 0 rings (SSSR count). The molecule has 0 saturated heterocycles. The fraction of sp³-hybridized carbons (Fsp3) is 0.667. The van der Waals surface area contributed by atoms with E-state index in [1.54, 1.807) is 6.92 Å². The van der Waals surface area contributed by atoms with Crippen LogP contribution in [0, 0.1) is 5.92 Å².